The topological polar surface area (TPSA) is 98.4 Å². The molecule has 0 N–H and O–H groups in total. The molecule has 0 unspecified atom stereocenters. The minimum atomic E-state index is -0.919. The van der Waals surface area contributed by atoms with Gasteiger partial charge >= 0.3 is 11.7 Å². The molecular weight excluding hydrogens is 480 g/mol. The Bertz CT molecular complexity index is 1710. The van der Waals surface area contributed by atoms with Gasteiger partial charge in [-0.3, -0.25) is 9.48 Å². The zero-order chi connectivity index (χ0) is 27.7. The van der Waals surface area contributed by atoms with Gasteiger partial charge in [0, 0.05) is 10.4 Å². The molecule has 0 atom stereocenters. The quantitative estimate of drug-likeness (QED) is 0.200. The van der Waals surface area contributed by atoms with Crippen LogP contribution in [0.25, 0.3) is 32.3 Å². The third-order valence-electron chi connectivity index (χ3n) is 9.89. The summed E-state index contributed by atoms with van der Waals surface area (Å²) in [5, 5.41) is 60.6. The molecular formula is C30H32N4O4. The molecule has 0 saturated carbocycles. The van der Waals surface area contributed by atoms with Gasteiger partial charge in [0.05, 0.1) is 11.1 Å². The first-order chi connectivity index (χ1) is 17.5. The Kier molecular flexibility index (Phi) is 4.59. The summed E-state index contributed by atoms with van der Waals surface area (Å²) in [7, 11) is 0. The van der Waals surface area contributed by atoms with Crippen LogP contribution in [-0.2, 0) is 10.4 Å². The average molecular weight is 513 g/mol. The van der Waals surface area contributed by atoms with E-state index in [0.29, 0.717) is 11.1 Å². The highest BCUT2D eigenvalue weighted by Crippen LogP contribution is 2.43. The van der Waals surface area contributed by atoms with Crippen molar-refractivity contribution in [2.24, 2.45) is 0 Å². The van der Waals surface area contributed by atoms with E-state index in [9.17, 15) is 20.8 Å². The molecule has 0 bridgehead atoms. The van der Waals surface area contributed by atoms with Crippen molar-refractivity contribution in [2.75, 3.05) is 0 Å². The molecule has 0 saturated heterocycles. The Morgan fingerprint density at radius 3 is 1.55 bits per heavy atom. The molecule has 0 fully saturated rings. The van der Waals surface area contributed by atoms with Crippen LogP contribution < -0.4 is 0 Å². The normalized spacial score (nSPS) is 22.2. The molecule has 0 aromatic heterocycles. The Balaban J connectivity index is 1.62. The molecule has 0 spiro atoms. The number of nitrogens with zero attached hydrogens (tertiary/aromatic N) is 4. The fraction of sp³-hybridized carbons (Fsp3) is 0.400. The molecule has 8 nitrogen and oxygen atoms in total. The van der Waals surface area contributed by atoms with E-state index in [2.05, 4.69) is 0 Å². The molecule has 196 valence electrons. The van der Waals surface area contributed by atoms with Crippen LogP contribution in [0.3, 0.4) is 0 Å². The maximum Gasteiger partial charge on any atom is 0.317 e. The Morgan fingerprint density at radius 2 is 1.05 bits per heavy atom. The summed E-state index contributed by atoms with van der Waals surface area (Å²) in [6.07, 6.45) is 0. The molecule has 2 heterocycles. The fourth-order valence-electron chi connectivity index (χ4n) is 5.81. The standard InChI is InChI=1S/C30H32N4O4/c1-27(2)28(3,4)32(36)25(31(27)35)20-15-18-10-9-17-11-14-22(21-13-12-19(16-20)23(18)24(17)21)26-33(37)29(5,6)30(7,8)34(26)38/h9-16H,1-8H3. The van der Waals surface area contributed by atoms with Gasteiger partial charge in [-0.15, -0.1) is 0 Å². The molecule has 4 aromatic carbocycles. The molecule has 6 rings (SSSR count). The summed E-state index contributed by atoms with van der Waals surface area (Å²) in [5.41, 5.74) is -2.51. The first-order valence-electron chi connectivity index (χ1n) is 12.9. The first-order valence-corrected chi connectivity index (χ1v) is 12.9. The maximum atomic E-state index is 13.4. The molecule has 0 aliphatic carbocycles. The molecule has 4 aromatic rings. The molecule has 0 amide bonds. The van der Waals surface area contributed by atoms with Gasteiger partial charge in [-0.25, -0.2) is 0 Å². The van der Waals surface area contributed by atoms with Crippen LogP contribution in [0.4, 0.5) is 0 Å². The van der Waals surface area contributed by atoms with Gasteiger partial charge in [0.2, 0.25) is 0 Å². The second-order valence-corrected chi connectivity index (χ2v) is 12.7. The van der Waals surface area contributed by atoms with Crippen LogP contribution in [0.1, 0.15) is 66.5 Å². The lowest BCUT2D eigenvalue weighted by atomic mass is 9.84. The van der Waals surface area contributed by atoms with Crippen LogP contribution in [0.2, 0.25) is 0 Å². The lowest BCUT2D eigenvalue weighted by Gasteiger charge is -2.32. The van der Waals surface area contributed by atoms with Crippen LogP contribution in [0.15, 0.2) is 48.5 Å². The van der Waals surface area contributed by atoms with Crippen molar-refractivity contribution in [2.45, 2.75) is 77.5 Å². The van der Waals surface area contributed by atoms with Crippen molar-refractivity contribution in [3.63, 3.8) is 0 Å². The van der Waals surface area contributed by atoms with Gasteiger partial charge < -0.3 is 10.4 Å². The van der Waals surface area contributed by atoms with Gasteiger partial charge in [-0.2, -0.15) is 0 Å². The number of hydroxylamine groups is 6. The second kappa shape index (κ2) is 7.07. The zero-order valence-corrected chi connectivity index (χ0v) is 23.0. The van der Waals surface area contributed by atoms with E-state index < -0.39 is 22.2 Å². The first kappa shape index (κ1) is 24.7. The summed E-state index contributed by atoms with van der Waals surface area (Å²) >= 11 is 0. The number of rotatable bonds is 2. The summed E-state index contributed by atoms with van der Waals surface area (Å²) in [5.74, 6) is 0.203. The molecule has 2 radical (unpaired) electrons. The van der Waals surface area contributed by atoms with E-state index in [-0.39, 0.29) is 11.7 Å². The summed E-state index contributed by atoms with van der Waals surface area (Å²) in [6, 6.07) is 15.4. The van der Waals surface area contributed by atoms with Gasteiger partial charge in [0.25, 0.3) is 0 Å². The van der Waals surface area contributed by atoms with E-state index in [4.69, 9.17) is 0 Å². The van der Waals surface area contributed by atoms with Gasteiger partial charge in [-0.05, 0) is 106 Å². The number of hydrogen-bond acceptors (Lipinski definition) is 4. The van der Waals surface area contributed by atoms with Crippen molar-refractivity contribution in [3.8, 4) is 0 Å². The van der Waals surface area contributed by atoms with Crippen molar-refractivity contribution >= 4 is 44.0 Å². The highest BCUT2D eigenvalue weighted by atomic mass is 16.5. The number of amidine groups is 2. The maximum absolute atomic E-state index is 13.4. The minimum absolute atomic E-state index is 0.0983. The van der Waals surface area contributed by atoms with E-state index >= 15 is 0 Å². The smallest absolute Gasteiger partial charge is 0.317 e. The highest BCUT2D eigenvalue weighted by molar-refractivity contribution is 6.27. The Hall–Kier alpha value is -3.62. The monoisotopic (exact) mass is 512 g/mol. The number of hydrogen-bond donors (Lipinski definition) is 0. The highest BCUT2D eigenvalue weighted by Gasteiger charge is 2.61. The van der Waals surface area contributed by atoms with Crippen LogP contribution in [-0.4, -0.2) is 53.4 Å². The van der Waals surface area contributed by atoms with E-state index in [1.165, 1.54) is 0 Å². The van der Waals surface area contributed by atoms with E-state index in [1.807, 2.05) is 48.5 Å². The third-order valence-corrected chi connectivity index (χ3v) is 9.89. The van der Waals surface area contributed by atoms with Crippen molar-refractivity contribution in [1.82, 2.24) is 10.1 Å². The molecule has 2 aliphatic rings. The second-order valence-electron chi connectivity index (χ2n) is 12.7. The van der Waals surface area contributed by atoms with Crippen LogP contribution >= 0.6 is 0 Å². The van der Waals surface area contributed by atoms with Crippen molar-refractivity contribution in [3.05, 3.63) is 70.1 Å². The fourth-order valence-corrected chi connectivity index (χ4v) is 5.81. The predicted octanol–water partition coefficient (Wildman–Crippen LogP) is 5.53. The Labute approximate surface area is 221 Å². The van der Waals surface area contributed by atoms with Crippen LogP contribution in [0.5, 0.6) is 0 Å². The van der Waals surface area contributed by atoms with Gasteiger partial charge in [0.15, 0.2) is 11.1 Å². The summed E-state index contributed by atoms with van der Waals surface area (Å²) in [6.45, 7) is 14.3. The lowest BCUT2D eigenvalue weighted by Crippen LogP contribution is -2.53. The largest absolute Gasteiger partial charge is 0.714 e. The molecule has 8 heteroatoms. The van der Waals surface area contributed by atoms with E-state index in [0.717, 1.165) is 51.9 Å². The van der Waals surface area contributed by atoms with Gasteiger partial charge in [0.1, 0.15) is 11.1 Å². The van der Waals surface area contributed by atoms with E-state index in [1.54, 1.807) is 55.4 Å². The third kappa shape index (κ3) is 2.67. The van der Waals surface area contributed by atoms with Crippen molar-refractivity contribution < 1.29 is 19.9 Å². The summed E-state index contributed by atoms with van der Waals surface area (Å²) < 4.78 is 1.67. The predicted molar refractivity (Wildman–Crippen MR) is 147 cm³/mol. The molecule has 2 aliphatic heterocycles. The van der Waals surface area contributed by atoms with Crippen molar-refractivity contribution in [1.29, 1.82) is 0 Å². The Morgan fingerprint density at radius 1 is 0.605 bits per heavy atom. The zero-order valence-electron chi connectivity index (χ0n) is 23.0. The number of benzene rings is 4. The SMILES string of the molecule is CC1(C)N([O])C(c2cc3ccc4ccc(C5=[N+]([O-])C(C)(C)C(C)(C)N5[O])c5ccc(c2)c3c45)=[N+]([O-])C1(C)C. The van der Waals surface area contributed by atoms with Crippen LogP contribution in [0, 0.1) is 10.4 Å². The molecule has 38 heavy (non-hydrogen) atoms. The average Bonchev–Trinajstić information content (AvgIpc) is 3.05. The van der Waals surface area contributed by atoms with Gasteiger partial charge in [-0.1, -0.05) is 40.5 Å². The summed E-state index contributed by atoms with van der Waals surface area (Å²) in [4.78, 5) is 0. The lowest BCUT2D eigenvalue weighted by molar-refractivity contribution is -0.539. The minimum Gasteiger partial charge on any atom is -0.714 e.